The number of hydrogen-bond acceptors (Lipinski definition) is 14. The van der Waals surface area contributed by atoms with Crippen molar-refractivity contribution in [3.8, 4) is 0 Å². The van der Waals surface area contributed by atoms with Gasteiger partial charge in [-0.25, -0.2) is 29.7 Å². The van der Waals surface area contributed by atoms with Crippen LogP contribution in [0.2, 0.25) is 0 Å². The predicted molar refractivity (Wildman–Crippen MR) is 87.2 cm³/mol. The van der Waals surface area contributed by atoms with Gasteiger partial charge in [0.25, 0.3) is 0 Å². The molecular weight excluding hydrogens is 424 g/mol. The fourth-order valence-corrected chi connectivity index (χ4v) is 2.20. The van der Waals surface area contributed by atoms with Crippen LogP contribution in [0.4, 0.5) is 0 Å². The number of carbonyl (C=O) groups excluding carboxylic acids is 2. The Kier molecular flexibility index (Phi) is 9.19. The molecule has 0 saturated heterocycles. The Morgan fingerprint density at radius 1 is 0.667 bits per heavy atom. The van der Waals surface area contributed by atoms with E-state index in [4.69, 9.17) is 0 Å². The number of hydrogen-bond donors (Lipinski definition) is 0. The molecule has 164 valence electrons. The molecule has 0 unspecified atom stereocenters. The van der Waals surface area contributed by atoms with Crippen LogP contribution < -0.4 is 0 Å². The number of aliphatic imine (C=N–C) groups is 2. The molecule has 20 heteroatoms. The van der Waals surface area contributed by atoms with Crippen molar-refractivity contribution < 1.29 is 34.3 Å². The third-order valence-corrected chi connectivity index (χ3v) is 3.84. The van der Waals surface area contributed by atoms with E-state index in [-0.39, 0.29) is 0 Å². The first-order chi connectivity index (χ1) is 13.9. The van der Waals surface area contributed by atoms with Gasteiger partial charge in [-0.2, -0.15) is 0 Å². The smallest absolute Gasteiger partial charge is 0.258 e. The summed E-state index contributed by atoms with van der Waals surface area (Å²) in [5.74, 6) is 0. The van der Waals surface area contributed by atoms with Crippen molar-refractivity contribution in [2.45, 2.75) is 24.2 Å². The van der Waals surface area contributed by atoms with Crippen LogP contribution in [0, 0.1) is 50.6 Å². The molecule has 0 aromatic carbocycles. The van der Waals surface area contributed by atoms with Crippen LogP contribution in [0.1, 0.15) is 12.8 Å². The lowest BCUT2D eigenvalue weighted by Crippen LogP contribution is -2.62. The van der Waals surface area contributed by atoms with Gasteiger partial charge in [0.1, 0.15) is 32.5 Å². The lowest BCUT2D eigenvalue weighted by atomic mass is 10.0. The predicted octanol–water partition coefficient (Wildman–Crippen LogP) is -1.57. The van der Waals surface area contributed by atoms with Crippen LogP contribution >= 0.6 is 0 Å². The summed E-state index contributed by atoms with van der Waals surface area (Å²) in [4.78, 5) is 76.3. The molecule has 0 aromatic rings. The highest BCUT2D eigenvalue weighted by Gasteiger charge is 2.64. The number of isocyanates is 2. The van der Waals surface area contributed by atoms with Crippen molar-refractivity contribution in [3.05, 3.63) is 50.6 Å². The van der Waals surface area contributed by atoms with E-state index < -0.39 is 80.1 Å². The van der Waals surface area contributed by atoms with E-state index in [0.29, 0.717) is 0 Å². The Morgan fingerprint density at radius 3 is 1.17 bits per heavy atom. The Balaban J connectivity index is 6.26. The van der Waals surface area contributed by atoms with Gasteiger partial charge in [0.2, 0.25) is 25.2 Å². The summed E-state index contributed by atoms with van der Waals surface area (Å²) in [6, 6.07) is 0. The zero-order chi connectivity index (χ0) is 23.5. The molecule has 0 fully saturated rings. The van der Waals surface area contributed by atoms with E-state index in [2.05, 4.69) is 9.98 Å². The number of rotatable bonds is 15. The van der Waals surface area contributed by atoms with Gasteiger partial charge in [-0.1, -0.05) is 5.01 Å². The van der Waals surface area contributed by atoms with Gasteiger partial charge in [0, 0.05) is 0 Å². The molecule has 30 heavy (non-hydrogen) atoms. The second kappa shape index (κ2) is 10.8. The van der Waals surface area contributed by atoms with E-state index in [0.717, 1.165) is 12.2 Å². The highest BCUT2D eigenvalue weighted by molar-refractivity contribution is 5.33. The summed E-state index contributed by atoms with van der Waals surface area (Å²) >= 11 is 0. The summed E-state index contributed by atoms with van der Waals surface area (Å²) in [5, 5.41) is 54.6. The second-order valence-electron chi connectivity index (χ2n) is 5.50. The molecule has 0 aliphatic heterocycles. The van der Waals surface area contributed by atoms with Crippen molar-refractivity contribution in [1.82, 2.24) is 5.01 Å². The molecular formula is C10H12N8O12. The SMILES string of the molecule is O=C=NCCC(CN(CC(CCN=C=O)([N+](=O)[O-])[N+](=O)[O-])[N+](=O)[O-])([N+](=O)[O-])[N+](=O)[O-]. The fourth-order valence-electron chi connectivity index (χ4n) is 2.20. The number of nitrogens with zero attached hydrogens (tertiary/aromatic N) is 8. The lowest BCUT2D eigenvalue weighted by molar-refractivity contribution is -0.826. The molecule has 0 aliphatic rings. The second-order valence-corrected chi connectivity index (χ2v) is 5.50. The van der Waals surface area contributed by atoms with Crippen molar-refractivity contribution in [2.24, 2.45) is 9.98 Å². The molecule has 0 heterocycles. The first-order valence-electron chi connectivity index (χ1n) is 7.45. The Bertz CT molecular complexity index is 728. The Labute approximate surface area is 163 Å². The molecule has 0 amide bonds. The topological polar surface area (TPSA) is 278 Å². The van der Waals surface area contributed by atoms with E-state index >= 15 is 0 Å². The third kappa shape index (κ3) is 5.78. The van der Waals surface area contributed by atoms with Crippen LogP contribution in [0.5, 0.6) is 0 Å². The van der Waals surface area contributed by atoms with E-state index in [1.165, 1.54) is 0 Å². The van der Waals surface area contributed by atoms with Gasteiger partial charge in [0.15, 0.2) is 5.03 Å². The molecule has 0 spiro atoms. The van der Waals surface area contributed by atoms with Gasteiger partial charge in [-0.05, 0) is 0 Å². The average molecular weight is 436 g/mol. The molecule has 0 bridgehead atoms. The molecule has 0 rings (SSSR count). The largest absolute Gasteiger partial charge is 0.482 e. The molecule has 20 nitrogen and oxygen atoms in total. The quantitative estimate of drug-likeness (QED) is 0.0922. The van der Waals surface area contributed by atoms with Crippen LogP contribution in [0.25, 0.3) is 0 Å². The van der Waals surface area contributed by atoms with Crippen molar-refractivity contribution in [2.75, 3.05) is 26.2 Å². The fraction of sp³-hybridized carbons (Fsp3) is 0.800. The molecule has 0 radical (unpaired) electrons. The van der Waals surface area contributed by atoms with Crippen LogP contribution in [-0.2, 0) is 9.59 Å². The van der Waals surface area contributed by atoms with Crippen LogP contribution in [-0.4, -0.2) is 79.4 Å². The minimum absolute atomic E-state index is 0.424. The van der Waals surface area contributed by atoms with Gasteiger partial charge in [-0.3, -0.25) is 40.5 Å². The van der Waals surface area contributed by atoms with Crippen molar-refractivity contribution >= 4 is 12.2 Å². The van der Waals surface area contributed by atoms with Gasteiger partial charge < -0.3 is 0 Å². The normalized spacial score (nSPS) is 10.8. The zero-order valence-corrected chi connectivity index (χ0v) is 14.7. The summed E-state index contributed by atoms with van der Waals surface area (Å²) in [7, 11) is 0. The molecule has 0 aromatic heterocycles. The minimum atomic E-state index is -3.38. The van der Waals surface area contributed by atoms with E-state index in [1.54, 1.807) is 0 Å². The summed E-state index contributed by atoms with van der Waals surface area (Å²) in [5.41, 5.74) is -6.76. The van der Waals surface area contributed by atoms with Crippen LogP contribution in [0.3, 0.4) is 0 Å². The maximum atomic E-state index is 11.3. The van der Waals surface area contributed by atoms with Gasteiger partial charge in [-0.15, -0.1) is 0 Å². The first-order valence-corrected chi connectivity index (χ1v) is 7.45. The highest BCUT2D eigenvalue weighted by Crippen LogP contribution is 2.23. The van der Waals surface area contributed by atoms with E-state index in [1.807, 2.05) is 0 Å². The number of hydrazine groups is 1. The van der Waals surface area contributed by atoms with Gasteiger partial charge >= 0.3 is 11.3 Å². The van der Waals surface area contributed by atoms with Crippen molar-refractivity contribution in [3.63, 3.8) is 0 Å². The average Bonchev–Trinajstić information content (AvgIpc) is 2.64. The molecule has 0 aliphatic carbocycles. The van der Waals surface area contributed by atoms with Crippen molar-refractivity contribution in [1.29, 1.82) is 0 Å². The summed E-state index contributed by atoms with van der Waals surface area (Å²) in [6.45, 7) is -5.18. The highest BCUT2D eigenvalue weighted by atomic mass is 16.7. The molecule has 0 atom stereocenters. The minimum Gasteiger partial charge on any atom is -0.258 e. The number of nitro groups is 5. The van der Waals surface area contributed by atoms with E-state index in [9.17, 15) is 60.2 Å². The summed E-state index contributed by atoms with van der Waals surface area (Å²) < 4.78 is 0. The maximum absolute atomic E-state index is 11.3. The zero-order valence-electron chi connectivity index (χ0n) is 14.7. The third-order valence-electron chi connectivity index (χ3n) is 3.84. The lowest BCUT2D eigenvalue weighted by Gasteiger charge is -2.23. The Morgan fingerprint density at radius 2 is 0.967 bits per heavy atom. The van der Waals surface area contributed by atoms with Crippen LogP contribution in [0.15, 0.2) is 9.98 Å². The standard InChI is InChI=1S/C10H12N8O12/c19-7-11-3-1-9(14(21)22,15(23)24)5-13(18(29)30)6-10(16(25)26,17(27)28)2-4-12-8-20/h1-6H2. The first kappa shape index (κ1) is 25.6. The Hall–Kier alpha value is -4.44. The molecule has 0 saturated carbocycles. The monoisotopic (exact) mass is 436 g/mol. The maximum Gasteiger partial charge on any atom is 0.482 e. The molecule has 0 N–H and O–H groups in total. The van der Waals surface area contributed by atoms with Gasteiger partial charge in [0.05, 0.1) is 13.1 Å². The summed E-state index contributed by atoms with van der Waals surface area (Å²) in [6.07, 6.45) is -0.416.